The maximum absolute atomic E-state index is 11.9. The maximum atomic E-state index is 11.9. The van der Waals surface area contributed by atoms with E-state index in [-0.39, 0.29) is 5.56 Å². The Kier molecular flexibility index (Phi) is 4.83. The van der Waals surface area contributed by atoms with E-state index >= 15 is 0 Å². The molecule has 0 bridgehead atoms. The highest BCUT2D eigenvalue weighted by molar-refractivity contribution is 7.99. The summed E-state index contributed by atoms with van der Waals surface area (Å²) in [6.45, 7) is 2.73. The molecular weight excluding hydrogens is 296 g/mol. The number of ether oxygens (including phenoxy) is 1. The molecule has 0 saturated heterocycles. The molecule has 116 valence electrons. The summed E-state index contributed by atoms with van der Waals surface area (Å²) in [4.78, 5) is 19.3. The molecule has 5 heteroatoms. The van der Waals surface area contributed by atoms with Gasteiger partial charge in [-0.25, -0.2) is 4.98 Å². The van der Waals surface area contributed by atoms with E-state index in [4.69, 9.17) is 4.74 Å². The number of aromatic amines is 1. The number of fused-ring (bicyclic) bond motifs is 1. The topological polar surface area (TPSA) is 55.0 Å². The monoisotopic (exact) mass is 316 g/mol. The van der Waals surface area contributed by atoms with Crippen molar-refractivity contribution in [3.05, 3.63) is 51.4 Å². The molecule has 0 unspecified atom stereocenters. The second-order valence-corrected chi connectivity index (χ2v) is 6.60. The molecule has 22 heavy (non-hydrogen) atoms. The van der Waals surface area contributed by atoms with Gasteiger partial charge in [-0.15, -0.1) is 0 Å². The molecule has 1 aliphatic carbocycles. The Hall–Kier alpha value is -1.75. The SMILES string of the molecule is Cc1ccc(OCCCSc2nc3c(c(=O)[nH]2)CCC3)cc1. The van der Waals surface area contributed by atoms with E-state index in [0.717, 1.165) is 53.6 Å². The number of H-pyrrole nitrogens is 1. The van der Waals surface area contributed by atoms with E-state index in [2.05, 4.69) is 16.9 Å². The normalized spacial score (nSPS) is 13.1. The quantitative estimate of drug-likeness (QED) is 0.505. The molecule has 1 heterocycles. The standard InChI is InChI=1S/C17H20N2O2S/c1-12-6-8-13(9-7-12)21-10-3-11-22-17-18-15-5-2-4-14(15)16(20)19-17/h6-9H,2-5,10-11H2,1H3,(H,18,19,20). The van der Waals surface area contributed by atoms with Gasteiger partial charge in [0, 0.05) is 11.3 Å². The predicted molar refractivity (Wildman–Crippen MR) is 88.9 cm³/mol. The van der Waals surface area contributed by atoms with Crippen LogP contribution in [-0.4, -0.2) is 22.3 Å². The van der Waals surface area contributed by atoms with Crippen LogP contribution >= 0.6 is 11.8 Å². The van der Waals surface area contributed by atoms with E-state index in [1.165, 1.54) is 5.56 Å². The highest BCUT2D eigenvalue weighted by atomic mass is 32.2. The average Bonchev–Trinajstić information content (AvgIpc) is 2.98. The molecule has 0 amide bonds. The van der Waals surface area contributed by atoms with Crippen molar-refractivity contribution >= 4 is 11.8 Å². The summed E-state index contributed by atoms with van der Waals surface area (Å²) in [5.74, 6) is 1.78. The first-order chi connectivity index (χ1) is 10.7. The zero-order valence-corrected chi connectivity index (χ0v) is 13.5. The van der Waals surface area contributed by atoms with Gasteiger partial charge < -0.3 is 9.72 Å². The Balaban J connectivity index is 1.45. The van der Waals surface area contributed by atoms with Gasteiger partial charge in [0.25, 0.3) is 5.56 Å². The molecule has 3 rings (SSSR count). The van der Waals surface area contributed by atoms with Crippen LogP contribution in [-0.2, 0) is 12.8 Å². The number of nitrogens with one attached hydrogen (secondary N) is 1. The zero-order valence-electron chi connectivity index (χ0n) is 12.7. The largest absolute Gasteiger partial charge is 0.494 e. The molecule has 0 radical (unpaired) electrons. The van der Waals surface area contributed by atoms with Crippen LogP contribution in [0.1, 0.15) is 29.7 Å². The van der Waals surface area contributed by atoms with E-state index in [9.17, 15) is 4.79 Å². The lowest BCUT2D eigenvalue weighted by molar-refractivity contribution is 0.318. The van der Waals surface area contributed by atoms with Crippen molar-refractivity contribution in [1.29, 1.82) is 0 Å². The van der Waals surface area contributed by atoms with Crippen molar-refractivity contribution in [2.75, 3.05) is 12.4 Å². The Morgan fingerprint density at radius 1 is 1.27 bits per heavy atom. The summed E-state index contributed by atoms with van der Waals surface area (Å²) in [6, 6.07) is 8.07. The molecule has 1 N–H and O–H groups in total. The Labute approximate surface area is 134 Å². The highest BCUT2D eigenvalue weighted by Crippen LogP contribution is 2.20. The van der Waals surface area contributed by atoms with Crippen LogP contribution in [0.2, 0.25) is 0 Å². The summed E-state index contributed by atoms with van der Waals surface area (Å²) in [7, 11) is 0. The molecule has 0 aliphatic heterocycles. The number of nitrogens with zero attached hydrogens (tertiary/aromatic N) is 1. The number of rotatable bonds is 6. The first-order valence-corrected chi connectivity index (χ1v) is 8.65. The van der Waals surface area contributed by atoms with Crippen molar-refractivity contribution in [1.82, 2.24) is 9.97 Å². The minimum absolute atomic E-state index is 0.0425. The summed E-state index contributed by atoms with van der Waals surface area (Å²) in [5, 5.41) is 0.737. The Morgan fingerprint density at radius 3 is 2.91 bits per heavy atom. The molecule has 1 aliphatic rings. The van der Waals surface area contributed by atoms with Crippen molar-refractivity contribution in [2.24, 2.45) is 0 Å². The molecular formula is C17H20N2O2S. The fourth-order valence-electron chi connectivity index (χ4n) is 2.54. The molecule has 0 fully saturated rings. The van der Waals surface area contributed by atoms with Gasteiger partial charge in [-0.2, -0.15) is 0 Å². The second-order valence-electron chi connectivity index (χ2n) is 5.51. The number of hydrogen-bond acceptors (Lipinski definition) is 4. The Morgan fingerprint density at radius 2 is 2.09 bits per heavy atom. The number of thioether (sulfide) groups is 1. The molecule has 1 aromatic carbocycles. The van der Waals surface area contributed by atoms with Crippen LogP contribution in [0.3, 0.4) is 0 Å². The van der Waals surface area contributed by atoms with Crippen LogP contribution in [0.15, 0.2) is 34.2 Å². The predicted octanol–water partition coefficient (Wildman–Crippen LogP) is 3.13. The lowest BCUT2D eigenvalue weighted by atomic mass is 10.2. The van der Waals surface area contributed by atoms with Gasteiger partial charge in [0.05, 0.1) is 12.3 Å². The van der Waals surface area contributed by atoms with Crippen molar-refractivity contribution in [3.63, 3.8) is 0 Å². The van der Waals surface area contributed by atoms with Crippen molar-refractivity contribution in [3.8, 4) is 5.75 Å². The smallest absolute Gasteiger partial charge is 0.254 e. The molecule has 4 nitrogen and oxygen atoms in total. The van der Waals surface area contributed by atoms with Gasteiger partial charge in [-0.3, -0.25) is 4.79 Å². The number of hydrogen-bond donors (Lipinski definition) is 1. The van der Waals surface area contributed by atoms with Crippen LogP contribution in [0, 0.1) is 6.92 Å². The summed E-state index contributed by atoms with van der Waals surface area (Å²) in [6.07, 6.45) is 3.76. The van der Waals surface area contributed by atoms with Gasteiger partial charge >= 0.3 is 0 Å². The minimum Gasteiger partial charge on any atom is -0.494 e. The minimum atomic E-state index is 0.0425. The van der Waals surface area contributed by atoms with Crippen molar-refractivity contribution in [2.45, 2.75) is 37.8 Å². The summed E-state index contributed by atoms with van der Waals surface area (Å²) in [5.41, 5.74) is 3.14. The highest BCUT2D eigenvalue weighted by Gasteiger charge is 2.16. The molecule has 0 saturated carbocycles. The van der Waals surface area contributed by atoms with Gasteiger partial charge in [-0.1, -0.05) is 29.5 Å². The average molecular weight is 316 g/mol. The zero-order chi connectivity index (χ0) is 15.4. The number of aromatic nitrogens is 2. The maximum Gasteiger partial charge on any atom is 0.254 e. The van der Waals surface area contributed by atoms with Gasteiger partial charge in [0.1, 0.15) is 5.75 Å². The summed E-state index contributed by atoms with van der Waals surface area (Å²) < 4.78 is 5.69. The van der Waals surface area contributed by atoms with Crippen LogP contribution < -0.4 is 10.3 Å². The Bertz CT molecular complexity index is 695. The molecule has 2 aromatic rings. The van der Waals surface area contributed by atoms with Crippen LogP contribution in [0.5, 0.6) is 5.75 Å². The number of aryl methyl sites for hydroxylation is 2. The van der Waals surface area contributed by atoms with E-state index < -0.39 is 0 Å². The van der Waals surface area contributed by atoms with Crippen LogP contribution in [0.4, 0.5) is 0 Å². The fraction of sp³-hybridized carbons (Fsp3) is 0.412. The number of benzene rings is 1. The third kappa shape index (κ3) is 3.71. The van der Waals surface area contributed by atoms with E-state index in [1.54, 1.807) is 11.8 Å². The van der Waals surface area contributed by atoms with Crippen LogP contribution in [0.25, 0.3) is 0 Å². The molecule has 0 spiro atoms. The first kappa shape index (κ1) is 15.2. The van der Waals surface area contributed by atoms with Gasteiger partial charge in [-0.05, 0) is 44.7 Å². The molecule has 1 aromatic heterocycles. The third-order valence-corrected chi connectivity index (χ3v) is 4.70. The fourth-order valence-corrected chi connectivity index (χ4v) is 3.33. The molecule has 0 atom stereocenters. The van der Waals surface area contributed by atoms with Gasteiger partial charge in [0.2, 0.25) is 0 Å². The van der Waals surface area contributed by atoms with E-state index in [0.29, 0.717) is 6.61 Å². The lowest BCUT2D eigenvalue weighted by Crippen LogP contribution is -2.15. The third-order valence-electron chi connectivity index (χ3n) is 3.74. The first-order valence-electron chi connectivity index (χ1n) is 7.67. The lowest BCUT2D eigenvalue weighted by Gasteiger charge is -2.06. The second kappa shape index (κ2) is 7.01. The van der Waals surface area contributed by atoms with Gasteiger partial charge in [0.15, 0.2) is 5.16 Å². The summed E-state index contributed by atoms with van der Waals surface area (Å²) >= 11 is 1.59. The van der Waals surface area contributed by atoms with Crippen molar-refractivity contribution < 1.29 is 4.74 Å². The van der Waals surface area contributed by atoms with E-state index in [1.807, 2.05) is 24.3 Å².